The normalized spacial score (nSPS) is 18.9. The first-order valence-corrected chi connectivity index (χ1v) is 10.4. The summed E-state index contributed by atoms with van der Waals surface area (Å²) in [5.41, 5.74) is 0.488. The zero-order valence-electron chi connectivity index (χ0n) is 15.2. The Hall–Kier alpha value is -1.44. The van der Waals surface area contributed by atoms with Gasteiger partial charge in [-0.2, -0.15) is 0 Å². The average molecular weight is 368 g/mol. The maximum Gasteiger partial charge on any atom is 0.253 e. The van der Waals surface area contributed by atoms with Crippen LogP contribution in [0.15, 0.2) is 29.2 Å². The molecule has 0 saturated carbocycles. The maximum atomic E-state index is 12.7. The van der Waals surface area contributed by atoms with Crippen LogP contribution in [0, 0.1) is 0 Å². The Morgan fingerprint density at radius 3 is 2.52 bits per heavy atom. The van der Waals surface area contributed by atoms with E-state index in [1.54, 1.807) is 17.0 Å². The molecule has 0 unspecified atom stereocenters. The molecule has 7 heteroatoms. The molecule has 0 radical (unpaired) electrons. The van der Waals surface area contributed by atoms with E-state index in [1.807, 2.05) is 20.8 Å². The first kappa shape index (κ1) is 19.9. The van der Waals surface area contributed by atoms with Crippen molar-refractivity contribution in [2.45, 2.75) is 57.1 Å². The second-order valence-electron chi connectivity index (χ2n) is 6.43. The second kappa shape index (κ2) is 8.78. The maximum absolute atomic E-state index is 12.7. The number of ether oxygens (including phenoxy) is 1. The van der Waals surface area contributed by atoms with Crippen LogP contribution in [0.5, 0.6) is 0 Å². The van der Waals surface area contributed by atoms with Crippen LogP contribution >= 0.6 is 0 Å². The van der Waals surface area contributed by atoms with Gasteiger partial charge in [0.25, 0.3) is 5.91 Å². The molecule has 1 saturated heterocycles. The van der Waals surface area contributed by atoms with Gasteiger partial charge >= 0.3 is 0 Å². The fourth-order valence-electron chi connectivity index (χ4n) is 2.77. The Morgan fingerprint density at radius 1 is 1.32 bits per heavy atom. The molecule has 1 amide bonds. The van der Waals surface area contributed by atoms with E-state index in [-0.39, 0.29) is 22.9 Å². The van der Waals surface area contributed by atoms with Crippen molar-refractivity contribution >= 4 is 15.9 Å². The Kier molecular flexibility index (Phi) is 6.98. The molecule has 2 atom stereocenters. The lowest BCUT2D eigenvalue weighted by atomic mass is 10.1. The second-order valence-corrected chi connectivity index (χ2v) is 8.15. The van der Waals surface area contributed by atoms with E-state index >= 15 is 0 Å². The summed E-state index contributed by atoms with van der Waals surface area (Å²) in [6, 6.07) is 5.99. The topological polar surface area (TPSA) is 75.7 Å². The van der Waals surface area contributed by atoms with Gasteiger partial charge in [0.2, 0.25) is 10.0 Å². The first-order chi connectivity index (χ1) is 11.9. The SMILES string of the molecule is CC[C@H](C)NS(=O)(=O)c1ccc(C(=O)N(CC)C[C@@H]2CCCO2)cc1. The molecule has 0 aromatic heterocycles. The quantitative estimate of drug-likeness (QED) is 0.764. The fourth-order valence-corrected chi connectivity index (χ4v) is 4.09. The fraction of sp³-hybridized carbons (Fsp3) is 0.611. The van der Waals surface area contributed by atoms with Crippen molar-refractivity contribution in [3.63, 3.8) is 0 Å². The zero-order chi connectivity index (χ0) is 18.4. The van der Waals surface area contributed by atoms with Crippen molar-refractivity contribution in [3.8, 4) is 0 Å². The lowest BCUT2D eigenvalue weighted by Gasteiger charge is -2.24. The third kappa shape index (κ3) is 5.26. The highest BCUT2D eigenvalue weighted by Crippen LogP contribution is 2.17. The van der Waals surface area contributed by atoms with Gasteiger partial charge in [-0.25, -0.2) is 13.1 Å². The van der Waals surface area contributed by atoms with Gasteiger partial charge < -0.3 is 9.64 Å². The number of hydrogen-bond acceptors (Lipinski definition) is 4. The van der Waals surface area contributed by atoms with Crippen LogP contribution in [0.25, 0.3) is 0 Å². The molecule has 2 rings (SSSR count). The monoisotopic (exact) mass is 368 g/mol. The predicted molar refractivity (Wildman–Crippen MR) is 97.1 cm³/mol. The third-order valence-electron chi connectivity index (χ3n) is 4.50. The lowest BCUT2D eigenvalue weighted by Crippen LogP contribution is -2.37. The summed E-state index contributed by atoms with van der Waals surface area (Å²) >= 11 is 0. The van der Waals surface area contributed by atoms with Gasteiger partial charge in [-0.15, -0.1) is 0 Å². The van der Waals surface area contributed by atoms with Crippen LogP contribution in [0.4, 0.5) is 0 Å². The minimum Gasteiger partial charge on any atom is -0.376 e. The van der Waals surface area contributed by atoms with E-state index in [2.05, 4.69) is 4.72 Å². The largest absolute Gasteiger partial charge is 0.376 e. The summed E-state index contributed by atoms with van der Waals surface area (Å²) in [6.07, 6.45) is 2.82. The molecule has 140 valence electrons. The number of likely N-dealkylation sites (N-methyl/N-ethyl adjacent to an activating group) is 1. The molecule has 1 fully saturated rings. The van der Waals surface area contributed by atoms with Crippen molar-refractivity contribution in [1.82, 2.24) is 9.62 Å². The highest BCUT2D eigenvalue weighted by molar-refractivity contribution is 7.89. The molecule has 1 aromatic carbocycles. The van der Waals surface area contributed by atoms with Gasteiger partial charge in [-0.1, -0.05) is 6.92 Å². The van der Waals surface area contributed by atoms with Crippen molar-refractivity contribution in [2.24, 2.45) is 0 Å². The summed E-state index contributed by atoms with van der Waals surface area (Å²) in [5, 5.41) is 0. The minimum absolute atomic E-state index is 0.100. The Labute approximate surface area is 150 Å². The van der Waals surface area contributed by atoms with Gasteiger partial charge in [0.15, 0.2) is 0 Å². The van der Waals surface area contributed by atoms with Crippen LogP contribution in [0.1, 0.15) is 50.4 Å². The van der Waals surface area contributed by atoms with Crippen LogP contribution in [-0.4, -0.2) is 51.1 Å². The van der Waals surface area contributed by atoms with Gasteiger partial charge in [-0.05, 0) is 57.4 Å². The highest BCUT2D eigenvalue weighted by atomic mass is 32.2. The smallest absolute Gasteiger partial charge is 0.253 e. The summed E-state index contributed by atoms with van der Waals surface area (Å²) in [6.45, 7) is 7.59. The highest BCUT2D eigenvalue weighted by Gasteiger charge is 2.23. The molecule has 6 nitrogen and oxygen atoms in total. The Balaban J connectivity index is 2.08. The molecular formula is C18H28N2O4S. The standard InChI is InChI=1S/C18H28N2O4S/c1-4-14(3)19-25(22,23)17-10-8-15(9-11-17)18(21)20(5-2)13-16-7-6-12-24-16/h8-11,14,16,19H,4-7,12-13H2,1-3H3/t14-,16-/m0/s1. The molecule has 1 aromatic rings. The van der Waals surface area contributed by atoms with Gasteiger partial charge in [-0.3, -0.25) is 4.79 Å². The summed E-state index contributed by atoms with van der Waals surface area (Å²) in [7, 11) is -3.55. The van der Waals surface area contributed by atoms with E-state index in [0.29, 0.717) is 25.1 Å². The molecule has 0 spiro atoms. The lowest BCUT2D eigenvalue weighted by molar-refractivity contribution is 0.0539. The third-order valence-corrected chi connectivity index (χ3v) is 6.10. The number of sulfonamides is 1. The van der Waals surface area contributed by atoms with Crippen molar-refractivity contribution in [2.75, 3.05) is 19.7 Å². The Morgan fingerprint density at radius 2 is 2.00 bits per heavy atom. The molecule has 25 heavy (non-hydrogen) atoms. The number of amides is 1. The number of nitrogens with one attached hydrogen (secondary N) is 1. The molecule has 1 heterocycles. The van der Waals surface area contributed by atoms with Crippen molar-refractivity contribution in [3.05, 3.63) is 29.8 Å². The number of rotatable bonds is 8. The zero-order valence-corrected chi connectivity index (χ0v) is 16.0. The first-order valence-electron chi connectivity index (χ1n) is 8.90. The molecular weight excluding hydrogens is 340 g/mol. The predicted octanol–water partition coefficient (Wildman–Crippen LogP) is 2.40. The Bertz CT molecular complexity index is 667. The molecule has 1 aliphatic heterocycles. The summed E-state index contributed by atoms with van der Waals surface area (Å²) in [4.78, 5) is 14.6. The van der Waals surface area contributed by atoms with E-state index < -0.39 is 10.0 Å². The number of nitrogens with zero attached hydrogens (tertiary/aromatic N) is 1. The van der Waals surface area contributed by atoms with Crippen molar-refractivity contribution in [1.29, 1.82) is 0 Å². The average Bonchev–Trinajstić information content (AvgIpc) is 3.12. The summed E-state index contributed by atoms with van der Waals surface area (Å²) < 4.78 is 32.8. The molecule has 0 aliphatic carbocycles. The van der Waals surface area contributed by atoms with Crippen molar-refractivity contribution < 1.29 is 17.9 Å². The number of hydrogen-bond donors (Lipinski definition) is 1. The number of benzene rings is 1. The van der Waals surface area contributed by atoms with E-state index in [0.717, 1.165) is 19.4 Å². The van der Waals surface area contributed by atoms with Gasteiger partial charge in [0.1, 0.15) is 0 Å². The molecule has 1 N–H and O–H groups in total. The van der Waals surface area contributed by atoms with Crippen LogP contribution in [-0.2, 0) is 14.8 Å². The van der Waals surface area contributed by atoms with Crippen LogP contribution < -0.4 is 4.72 Å². The number of carbonyl (C=O) groups is 1. The van der Waals surface area contributed by atoms with Crippen LogP contribution in [0.3, 0.4) is 0 Å². The van der Waals surface area contributed by atoms with Gasteiger partial charge in [0, 0.05) is 31.3 Å². The molecule has 1 aliphatic rings. The molecule has 0 bridgehead atoms. The van der Waals surface area contributed by atoms with Gasteiger partial charge in [0.05, 0.1) is 11.0 Å². The number of carbonyl (C=O) groups excluding carboxylic acids is 1. The van der Waals surface area contributed by atoms with Crippen LogP contribution in [0.2, 0.25) is 0 Å². The van der Waals surface area contributed by atoms with E-state index in [9.17, 15) is 13.2 Å². The van der Waals surface area contributed by atoms with E-state index in [4.69, 9.17) is 4.74 Å². The minimum atomic E-state index is -3.55. The van der Waals surface area contributed by atoms with E-state index in [1.165, 1.54) is 12.1 Å². The summed E-state index contributed by atoms with van der Waals surface area (Å²) in [5.74, 6) is -0.100.